The third kappa shape index (κ3) is 1.62. The van der Waals surface area contributed by atoms with E-state index in [1.807, 2.05) is 0 Å². The maximum atomic E-state index is 11.2. The van der Waals surface area contributed by atoms with E-state index < -0.39 is 0 Å². The Hall–Kier alpha value is -1.80. The van der Waals surface area contributed by atoms with Crippen LogP contribution >= 0.6 is 0 Å². The molecule has 60 valence electrons. The summed E-state index contributed by atoms with van der Waals surface area (Å²) in [5.74, 6) is -0.363. The van der Waals surface area contributed by atoms with Crippen molar-refractivity contribution in [3.05, 3.63) is 35.6 Å². The summed E-state index contributed by atoms with van der Waals surface area (Å²) in [6.45, 7) is 1.43. The fraction of sp³-hybridized carbons (Fsp3) is 0.125. The molecular formula is C8H7N3O. The second-order valence-electron chi connectivity index (χ2n) is 2.23. The minimum atomic E-state index is -0.363. The van der Waals surface area contributed by atoms with Crippen LogP contribution in [0.3, 0.4) is 0 Å². The highest BCUT2D eigenvalue weighted by molar-refractivity contribution is 6.42. The van der Waals surface area contributed by atoms with Crippen molar-refractivity contribution in [2.45, 2.75) is 6.92 Å². The lowest BCUT2D eigenvalue weighted by atomic mass is 10.2. The van der Waals surface area contributed by atoms with Crippen LogP contribution in [0.2, 0.25) is 0 Å². The van der Waals surface area contributed by atoms with Gasteiger partial charge in [-0.15, -0.1) is 0 Å². The Labute approximate surface area is 69.5 Å². The molecule has 0 unspecified atom stereocenters. The van der Waals surface area contributed by atoms with Crippen LogP contribution in [0.25, 0.3) is 5.53 Å². The fourth-order valence-corrected chi connectivity index (χ4v) is 0.728. The van der Waals surface area contributed by atoms with E-state index in [-0.39, 0.29) is 17.2 Å². The van der Waals surface area contributed by atoms with E-state index >= 15 is 0 Å². The van der Waals surface area contributed by atoms with Crippen molar-refractivity contribution < 1.29 is 9.58 Å². The highest BCUT2D eigenvalue weighted by Gasteiger charge is 2.16. The lowest BCUT2D eigenvalue weighted by Crippen LogP contribution is -2.12. The van der Waals surface area contributed by atoms with E-state index in [0.29, 0.717) is 0 Å². The van der Waals surface area contributed by atoms with Gasteiger partial charge in [-0.2, -0.15) is 4.79 Å². The topological polar surface area (TPSA) is 66.4 Å². The average molecular weight is 161 g/mol. The molecular weight excluding hydrogens is 154 g/mol. The van der Waals surface area contributed by atoms with E-state index in [1.165, 1.54) is 13.1 Å². The number of carbonyl (C=O) groups is 1. The van der Waals surface area contributed by atoms with Crippen molar-refractivity contribution >= 4 is 11.5 Å². The van der Waals surface area contributed by atoms with Gasteiger partial charge in [0.1, 0.15) is 5.69 Å². The van der Waals surface area contributed by atoms with E-state index in [0.717, 1.165) is 0 Å². The highest BCUT2D eigenvalue weighted by Crippen LogP contribution is 1.95. The maximum absolute atomic E-state index is 11.2. The Bertz CT molecular complexity index is 339. The van der Waals surface area contributed by atoms with Crippen LogP contribution in [0.5, 0.6) is 0 Å². The first kappa shape index (κ1) is 8.30. The summed E-state index contributed by atoms with van der Waals surface area (Å²) in [4.78, 5) is 17.8. The van der Waals surface area contributed by atoms with Gasteiger partial charge in [-0.3, -0.25) is 9.78 Å². The van der Waals surface area contributed by atoms with Gasteiger partial charge in [-0.25, -0.2) is 0 Å². The smallest absolute Gasteiger partial charge is 0.337 e. The Morgan fingerprint density at radius 3 is 2.83 bits per heavy atom. The average Bonchev–Trinajstić information content (AvgIpc) is 2.17. The minimum Gasteiger partial charge on any atom is -0.361 e. The van der Waals surface area contributed by atoms with Crippen molar-refractivity contribution in [1.82, 2.24) is 4.98 Å². The summed E-state index contributed by atoms with van der Waals surface area (Å²) in [7, 11) is 0. The second kappa shape index (κ2) is 3.55. The van der Waals surface area contributed by atoms with Crippen LogP contribution in [0, 0.1) is 0 Å². The normalized spacial score (nSPS) is 8.75. The van der Waals surface area contributed by atoms with Crippen molar-refractivity contribution in [3.8, 4) is 0 Å². The number of hydrogen-bond acceptors (Lipinski definition) is 2. The molecule has 0 spiro atoms. The molecule has 0 N–H and O–H groups in total. The molecule has 1 aromatic rings. The Morgan fingerprint density at radius 2 is 2.33 bits per heavy atom. The molecule has 0 atom stereocenters. The van der Waals surface area contributed by atoms with Crippen molar-refractivity contribution in [1.29, 1.82) is 0 Å². The standard InChI is InChI=1S/C8H7N3O/c1-6(11-9)8(12)7-4-2-3-5-10-7/h2-5H,1H3. The predicted octanol–water partition coefficient (Wildman–Crippen LogP) is 0.955. The van der Waals surface area contributed by atoms with Crippen LogP contribution in [0.1, 0.15) is 17.4 Å². The van der Waals surface area contributed by atoms with Gasteiger partial charge in [-0.05, 0) is 12.1 Å². The molecule has 0 aliphatic heterocycles. The zero-order chi connectivity index (χ0) is 8.97. The molecule has 1 aromatic heterocycles. The van der Waals surface area contributed by atoms with Crippen LogP contribution < -0.4 is 0 Å². The number of pyridine rings is 1. The molecule has 0 saturated heterocycles. The van der Waals surface area contributed by atoms with Crippen molar-refractivity contribution in [3.63, 3.8) is 0 Å². The van der Waals surface area contributed by atoms with Gasteiger partial charge in [0.15, 0.2) is 0 Å². The van der Waals surface area contributed by atoms with Gasteiger partial charge in [0.2, 0.25) is 0 Å². The monoisotopic (exact) mass is 161 g/mol. The first-order valence-electron chi connectivity index (χ1n) is 3.40. The predicted molar refractivity (Wildman–Crippen MR) is 42.9 cm³/mol. The largest absolute Gasteiger partial charge is 0.361 e. The second-order valence-corrected chi connectivity index (χ2v) is 2.23. The number of nitrogens with zero attached hydrogens (tertiary/aromatic N) is 3. The summed E-state index contributed by atoms with van der Waals surface area (Å²) in [5.41, 5.74) is 8.63. The summed E-state index contributed by atoms with van der Waals surface area (Å²) in [6.07, 6.45) is 1.51. The number of rotatable bonds is 2. The van der Waals surface area contributed by atoms with Crippen molar-refractivity contribution in [2.24, 2.45) is 0 Å². The molecule has 0 amide bonds. The zero-order valence-electron chi connectivity index (χ0n) is 6.56. The first-order valence-corrected chi connectivity index (χ1v) is 3.40. The SMILES string of the molecule is CC(=[N+]=[N-])C(=O)c1ccccn1. The Morgan fingerprint density at radius 1 is 1.58 bits per heavy atom. The van der Waals surface area contributed by atoms with Gasteiger partial charge in [0.05, 0.1) is 0 Å². The summed E-state index contributed by atoms with van der Waals surface area (Å²) in [5, 5.41) is 0. The fourth-order valence-electron chi connectivity index (χ4n) is 0.728. The Balaban J connectivity index is 3.02. The summed E-state index contributed by atoms with van der Waals surface area (Å²) < 4.78 is 0. The molecule has 0 aliphatic carbocycles. The molecule has 1 rings (SSSR count). The van der Waals surface area contributed by atoms with Crippen LogP contribution in [0.15, 0.2) is 24.4 Å². The number of carbonyl (C=O) groups excluding carboxylic acids is 1. The minimum absolute atomic E-state index is 0.0358. The van der Waals surface area contributed by atoms with Gasteiger partial charge in [0.25, 0.3) is 5.78 Å². The third-order valence-electron chi connectivity index (χ3n) is 1.38. The van der Waals surface area contributed by atoms with E-state index in [1.54, 1.807) is 18.2 Å². The number of hydrogen-bond donors (Lipinski definition) is 0. The first-order chi connectivity index (χ1) is 5.75. The third-order valence-corrected chi connectivity index (χ3v) is 1.38. The maximum Gasteiger partial charge on any atom is 0.337 e. The number of ketones is 1. The molecule has 1 heterocycles. The van der Waals surface area contributed by atoms with E-state index in [9.17, 15) is 4.79 Å². The highest BCUT2D eigenvalue weighted by atomic mass is 16.1. The van der Waals surface area contributed by atoms with E-state index in [4.69, 9.17) is 5.53 Å². The van der Waals surface area contributed by atoms with Gasteiger partial charge >= 0.3 is 5.71 Å². The molecule has 0 radical (unpaired) electrons. The quantitative estimate of drug-likeness (QED) is 0.280. The molecule has 4 nitrogen and oxygen atoms in total. The van der Waals surface area contributed by atoms with Crippen LogP contribution in [0.4, 0.5) is 0 Å². The molecule has 12 heavy (non-hydrogen) atoms. The summed E-state index contributed by atoms with van der Waals surface area (Å²) >= 11 is 0. The van der Waals surface area contributed by atoms with Gasteiger partial charge in [-0.1, -0.05) is 6.07 Å². The molecule has 0 aliphatic rings. The lowest BCUT2D eigenvalue weighted by Gasteiger charge is -1.90. The lowest BCUT2D eigenvalue weighted by molar-refractivity contribution is -0.00683. The molecule has 0 aromatic carbocycles. The molecule has 4 heteroatoms. The zero-order valence-corrected chi connectivity index (χ0v) is 6.56. The van der Waals surface area contributed by atoms with Gasteiger partial charge in [0, 0.05) is 13.1 Å². The molecule has 0 bridgehead atoms. The number of aromatic nitrogens is 1. The van der Waals surface area contributed by atoms with E-state index in [2.05, 4.69) is 9.77 Å². The molecule has 0 saturated carbocycles. The van der Waals surface area contributed by atoms with Crippen LogP contribution in [-0.4, -0.2) is 21.3 Å². The van der Waals surface area contributed by atoms with Gasteiger partial charge < -0.3 is 5.53 Å². The Kier molecular flexibility index (Phi) is 2.46. The summed E-state index contributed by atoms with van der Waals surface area (Å²) in [6, 6.07) is 4.98. The van der Waals surface area contributed by atoms with Crippen LogP contribution in [-0.2, 0) is 0 Å². The van der Waals surface area contributed by atoms with Crippen molar-refractivity contribution in [2.75, 3.05) is 0 Å². The molecule has 0 fully saturated rings. The number of Topliss-reactive ketones (excluding diaryl/α,β-unsaturated/α-hetero) is 1.